The number of rotatable bonds is 3. The second-order valence-electron chi connectivity index (χ2n) is 6.46. The zero-order valence-corrected chi connectivity index (χ0v) is 14.5. The molecule has 1 aromatic carbocycles. The number of likely N-dealkylation sites (N-methyl/N-ethyl adjacent to an activating group) is 1. The lowest BCUT2D eigenvalue weighted by Crippen LogP contribution is -2.47. The van der Waals surface area contributed by atoms with Crippen LogP contribution in [-0.4, -0.2) is 63.3 Å². The van der Waals surface area contributed by atoms with Crippen molar-refractivity contribution in [3.63, 3.8) is 0 Å². The number of hydrogen-bond acceptors (Lipinski definition) is 3. The van der Waals surface area contributed by atoms with Crippen molar-refractivity contribution in [2.45, 2.75) is 0 Å². The molecule has 134 valence electrons. The van der Waals surface area contributed by atoms with Gasteiger partial charge in [0.15, 0.2) is 5.82 Å². The maximum Gasteiger partial charge on any atom is 0.259 e. The summed E-state index contributed by atoms with van der Waals surface area (Å²) in [5.41, 5.74) is 1.24. The van der Waals surface area contributed by atoms with Gasteiger partial charge in [-0.25, -0.2) is 9.07 Å². The van der Waals surface area contributed by atoms with Crippen molar-refractivity contribution in [2.24, 2.45) is 0 Å². The van der Waals surface area contributed by atoms with Crippen molar-refractivity contribution < 1.29 is 9.18 Å². The van der Waals surface area contributed by atoms with Crippen molar-refractivity contribution in [3.8, 4) is 11.5 Å². The quantitative estimate of drug-likeness (QED) is 0.725. The Labute approximate surface area is 151 Å². The summed E-state index contributed by atoms with van der Waals surface area (Å²) in [6, 6.07) is 9.87. The Morgan fingerprint density at radius 1 is 1.04 bits per heavy atom. The van der Waals surface area contributed by atoms with E-state index in [-0.39, 0.29) is 11.7 Å². The molecule has 4 rings (SSSR count). The lowest BCUT2D eigenvalue weighted by Gasteiger charge is -2.32. The molecule has 1 amide bonds. The van der Waals surface area contributed by atoms with Gasteiger partial charge in [-0.15, -0.1) is 0 Å². The average Bonchev–Trinajstić information content (AvgIpc) is 3.32. The third-order valence-electron chi connectivity index (χ3n) is 4.68. The van der Waals surface area contributed by atoms with E-state index in [9.17, 15) is 9.18 Å². The number of piperazine rings is 1. The highest BCUT2D eigenvalue weighted by Crippen LogP contribution is 2.22. The highest BCUT2D eigenvalue weighted by Gasteiger charge is 2.26. The van der Waals surface area contributed by atoms with E-state index in [1.807, 2.05) is 34.0 Å². The summed E-state index contributed by atoms with van der Waals surface area (Å²) in [5.74, 6) is 0.317. The highest BCUT2D eigenvalue weighted by atomic mass is 19.1. The number of hydrogen-bond donors (Lipinski definition) is 0. The number of amides is 1. The minimum Gasteiger partial charge on any atom is -0.336 e. The fourth-order valence-corrected chi connectivity index (χ4v) is 3.17. The van der Waals surface area contributed by atoms with Crippen LogP contribution >= 0.6 is 0 Å². The fourth-order valence-electron chi connectivity index (χ4n) is 3.17. The van der Waals surface area contributed by atoms with Gasteiger partial charge in [-0.2, -0.15) is 5.10 Å². The maximum absolute atomic E-state index is 13.3. The highest BCUT2D eigenvalue weighted by molar-refractivity contribution is 5.97. The monoisotopic (exact) mass is 353 g/mol. The second-order valence-corrected chi connectivity index (χ2v) is 6.46. The Balaban J connectivity index is 1.76. The van der Waals surface area contributed by atoms with E-state index in [4.69, 9.17) is 0 Å². The number of halogens is 1. The summed E-state index contributed by atoms with van der Waals surface area (Å²) < 4.78 is 16.8. The van der Waals surface area contributed by atoms with Crippen LogP contribution in [-0.2, 0) is 0 Å². The van der Waals surface area contributed by atoms with Crippen LogP contribution < -0.4 is 0 Å². The fraction of sp³-hybridized carbons (Fsp3) is 0.263. The molecule has 1 saturated heterocycles. The van der Waals surface area contributed by atoms with Crippen molar-refractivity contribution in [1.29, 1.82) is 0 Å². The number of carbonyl (C=O) groups is 1. The van der Waals surface area contributed by atoms with Gasteiger partial charge >= 0.3 is 0 Å². The van der Waals surface area contributed by atoms with Crippen LogP contribution in [0.3, 0.4) is 0 Å². The molecule has 0 aliphatic carbocycles. The summed E-state index contributed by atoms with van der Waals surface area (Å²) in [4.78, 5) is 17.2. The van der Waals surface area contributed by atoms with Gasteiger partial charge in [0.1, 0.15) is 11.4 Å². The van der Waals surface area contributed by atoms with Gasteiger partial charge in [-0.05, 0) is 43.4 Å². The third kappa shape index (κ3) is 3.01. The molecular formula is C19H20FN5O. The molecule has 0 atom stereocenters. The van der Waals surface area contributed by atoms with Crippen LogP contribution in [0, 0.1) is 5.82 Å². The lowest BCUT2D eigenvalue weighted by atomic mass is 10.2. The van der Waals surface area contributed by atoms with Gasteiger partial charge in [-0.1, -0.05) is 0 Å². The normalized spacial score (nSPS) is 15.4. The van der Waals surface area contributed by atoms with E-state index < -0.39 is 0 Å². The van der Waals surface area contributed by atoms with E-state index in [0.29, 0.717) is 30.2 Å². The van der Waals surface area contributed by atoms with Gasteiger partial charge < -0.3 is 14.4 Å². The Morgan fingerprint density at radius 2 is 1.69 bits per heavy atom. The van der Waals surface area contributed by atoms with Crippen LogP contribution in [0.15, 0.2) is 55.0 Å². The zero-order valence-electron chi connectivity index (χ0n) is 14.5. The largest absolute Gasteiger partial charge is 0.336 e. The molecule has 3 aromatic rings. The first-order valence-corrected chi connectivity index (χ1v) is 8.58. The molecule has 26 heavy (non-hydrogen) atoms. The Bertz CT molecular complexity index is 893. The first-order valence-electron chi connectivity index (χ1n) is 8.58. The predicted octanol–water partition coefficient (Wildman–Crippen LogP) is 2.19. The molecule has 0 N–H and O–H groups in total. The third-order valence-corrected chi connectivity index (χ3v) is 4.68. The molecule has 1 fully saturated rings. The van der Waals surface area contributed by atoms with Crippen molar-refractivity contribution in [3.05, 3.63) is 66.4 Å². The maximum atomic E-state index is 13.3. The lowest BCUT2D eigenvalue weighted by molar-refractivity contribution is 0.0664. The molecule has 7 heteroatoms. The molecule has 0 bridgehead atoms. The van der Waals surface area contributed by atoms with Gasteiger partial charge in [-0.3, -0.25) is 4.79 Å². The van der Waals surface area contributed by atoms with Crippen LogP contribution in [0.1, 0.15) is 10.4 Å². The average molecular weight is 353 g/mol. The standard InChI is InChI=1S/C19H20FN5O/c1-22-10-12-24(13-11-22)19(26)17-14-21-25(16-6-4-15(20)5-7-16)18(17)23-8-2-3-9-23/h2-9,14H,10-13H2,1H3. The zero-order chi connectivity index (χ0) is 18.1. The SMILES string of the molecule is CN1CCN(C(=O)c2cnn(-c3ccc(F)cc3)c2-n2cccc2)CC1. The number of aromatic nitrogens is 3. The van der Waals surface area contributed by atoms with Crippen molar-refractivity contribution in [1.82, 2.24) is 24.1 Å². The van der Waals surface area contributed by atoms with Crippen LogP contribution in [0.2, 0.25) is 0 Å². The van der Waals surface area contributed by atoms with E-state index in [1.165, 1.54) is 12.1 Å². The molecule has 1 aliphatic heterocycles. The van der Waals surface area contributed by atoms with Gasteiger partial charge in [0, 0.05) is 38.6 Å². The van der Waals surface area contributed by atoms with Gasteiger partial charge in [0.05, 0.1) is 11.9 Å². The van der Waals surface area contributed by atoms with Crippen molar-refractivity contribution in [2.75, 3.05) is 33.2 Å². The Morgan fingerprint density at radius 3 is 2.35 bits per heavy atom. The summed E-state index contributed by atoms with van der Waals surface area (Å²) in [6.07, 6.45) is 5.34. The first-order chi connectivity index (χ1) is 12.6. The summed E-state index contributed by atoms with van der Waals surface area (Å²) >= 11 is 0. The Kier molecular flexibility index (Phi) is 4.30. The molecule has 0 radical (unpaired) electrons. The smallest absolute Gasteiger partial charge is 0.259 e. The van der Waals surface area contributed by atoms with E-state index in [2.05, 4.69) is 17.0 Å². The molecule has 0 unspecified atom stereocenters. The van der Waals surface area contributed by atoms with E-state index >= 15 is 0 Å². The molecule has 2 aromatic heterocycles. The number of nitrogens with zero attached hydrogens (tertiary/aromatic N) is 5. The minimum atomic E-state index is -0.308. The molecule has 6 nitrogen and oxygen atoms in total. The van der Waals surface area contributed by atoms with Crippen LogP contribution in [0.25, 0.3) is 11.5 Å². The Hall–Kier alpha value is -2.93. The molecule has 3 heterocycles. The summed E-state index contributed by atoms with van der Waals surface area (Å²) in [7, 11) is 2.06. The van der Waals surface area contributed by atoms with Gasteiger partial charge in [0.25, 0.3) is 5.91 Å². The van der Waals surface area contributed by atoms with Crippen LogP contribution in [0.5, 0.6) is 0 Å². The molecule has 0 saturated carbocycles. The topological polar surface area (TPSA) is 46.3 Å². The first kappa shape index (κ1) is 16.5. The predicted molar refractivity (Wildman–Crippen MR) is 96.2 cm³/mol. The summed E-state index contributed by atoms with van der Waals surface area (Å²) in [5, 5.41) is 4.42. The second kappa shape index (κ2) is 6.76. The van der Waals surface area contributed by atoms with Crippen molar-refractivity contribution >= 4 is 5.91 Å². The van der Waals surface area contributed by atoms with Crippen LogP contribution in [0.4, 0.5) is 4.39 Å². The van der Waals surface area contributed by atoms with E-state index in [1.54, 1.807) is 23.0 Å². The molecule has 1 aliphatic rings. The van der Waals surface area contributed by atoms with E-state index in [0.717, 1.165) is 13.1 Å². The minimum absolute atomic E-state index is 0.0323. The number of carbonyl (C=O) groups excluding carboxylic acids is 1. The molecular weight excluding hydrogens is 333 g/mol. The summed E-state index contributed by atoms with van der Waals surface area (Å²) in [6.45, 7) is 3.11. The molecule has 0 spiro atoms. The van der Waals surface area contributed by atoms with Gasteiger partial charge in [0.2, 0.25) is 0 Å². The number of benzene rings is 1.